The number of ether oxygens (including phenoxy) is 1. The molecule has 0 spiro atoms. The molecule has 1 N–H and O–H groups in total. The Labute approximate surface area is 140 Å². The molecule has 0 radical (unpaired) electrons. The Morgan fingerprint density at radius 3 is 2.96 bits per heavy atom. The van der Waals surface area contributed by atoms with Gasteiger partial charge in [0.05, 0.1) is 25.5 Å². The molecule has 1 aliphatic heterocycles. The van der Waals surface area contributed by atoms with Crippen LogP contribution in [0, 0.1) is 13.8 Å². The van der Waals surface area contributed by atoms with Gasteiger partial charge in [0.2, 0.25) is 0 Å². The molecule has 1 saturated heterocycles. The Kier molecular flexibility index (Phi) is 4.73. The van der Waals surface area contributed by atoms with Crippen molar-refractivity contribution in [3.05, 3.63) is 45.5 Å². The number of nitrogens with zero attached hydrogens (tertiary/aromatic N) is 1. The Hall–Kier alpha value is -1.79. The summed E-state index contributed by atoms with van der Waals surface area (Å²) in [6.07, 6.45) is 1.44. The average molecular weight is 334 g/mol. The van der Waals surface area contributed by atoms with E-state index in [0.717, 1.165) is 5.76 Å². The van der Waals surface area contributed by atoms with Crippen LogP contribution < -0.4 is 5.32 Å². The minimum atomic E-state index is -0.190. The number of rotatable bonds is 3. The molecule has 0 aliphatic carbocycles. The Morgan fingerprint density at radius 2 is 2.30 bits per heavy atom. The highest BCUT2D eigenvalue weighted by atomic mass is 32.1. The van der Waals surface area contributed by atoms with E-state index in [-0.39, 0.29) is 18.2 Å². The number of carbonyl (C=O) groups excluding carboxylic acids is 1. The number of thiophene rings is 1. The second-order valence-corrected chi connectivity index (χ2v) is 7.32. The average Bonchev–Trinajstić information content (AvgIpc) is 3.17. The highest BCUT2D eigenvalue weighted by Gasteiger charge is 2.28. The lowest BCUT2D eigenvalue weighted by atomic mass is 10.1. The highest BCUT2D eigenvalue weighted by molar-refractivity contribution is 7.12. The number of furan rings is 1. The maximum absolute atomic E-state index is 12.5. The van der Waals surface area contributed by atoms with Crippen molar-refractivity contribution in [2.24, 2.45) is 0 Å². The van der Waals surface area contributed by atoms with E-state index in [1.165, 1.54) is 15.3 Å². The molecule has 2 unspecified atom stereocenters. The zero-order valence-corrected chi connectivity index (χ0v) is 14.5. The largest absolute Gasteiger partial charge is 0.467 e. The lowest BCUT2D eigenvalue weighted by molar-refractivity contribution is -0.0263. The number of aryl methyl sites for hydroxylation is 2. The summed E-state index contributed by atoms with van der Waals surface area (Å²) in [7, 11) is 0. The number of carbonyl (C=O) groups is 1. The number of urea groups is 1. The first-order valence-electron chi connectivity index (χ1n) is 7.82. The molecular formula is C17H22N2O3S. The van der Waals surface area contributed by atoms with Gasteiger partial charge in [-0.2, -0.15) is 0 Å². The lowest BCUT2D eigenvalue weighted by Gasteiger charge is -2.32. The number of hydrogen-bond acceptors (Lipinski definition) is 4. The quantitative estimate of drug-likeness (QED) is 0.929. The van der Waals surface area contributed by atoms with Crippen LogP contribution in [-0.2, 0) is 4.74 Å². The summed E-state index contributed by atoms with van der Waals surface area (Å²) in [6.45, 7) is 7.83. The van der Waals surface area contributed by atoms with Crippen molar-refractivity contribution in [2.75, 3.05) is 19.7 Å². The van der Waals surface area contributed by atoms with Gasteiger partial charge in [-0.1, -0.05) is 0 Å². The van der Waals surface area contributed by atoms with Crippen LogP contribution in [-0.4, -0.2) is 30.6 Å². The van der Waals surface area contributed by atoms with E-state index in [4.69, 9.17) is 9.15 Å². The maximum atomic E-state index is 12.5. The fraction of sp³-hybridized carbons (Fsp3) is 0.471. The fourth-order valence-corrected chi connectivity index (χ4v) is 3.94. The molecule has 1 fully saturated rings. The first-order chi connectivity index (χ1) is 11.0. The maximum Gasteiger partial charge on any atom is 0.318 e. The van der Waals surface area contributed by atoms with Crippen LogP contribution in [0.3, 0.4) is 0 Å². The molecule has 2 aromatic rings. The molecule has 0 saturated carbocycles. The van der Waals surface area contributed by atoms with E-state index in [0.29, 0.717) is 19.7 Å². The van der Waals surface area contributed by atoms with Gasteiger partial charge in [-0.05, 0) is 44.5 Å². The Bertz CT molecular complexity index is 665. The van der Waals surface area contributed by atoms with E-state index in [1.54, 1.807) is 22.5 Å². The highest BCUT2D eigenvalue weighted by Crippen LogP contribution is 2.27. The van der Waals surface area contributed by atoms with Gasteiger partial charge in [-0.15, -0.1) is 11.3 Å². The molecule has 2 amide bonds. The molecular weight excluding hydrogens is 312 g/mol. The SMILES string of the molecule is Cc1cc(C(C)NC(=O)N2CCOC(c3ccco3)C2)c(C)s1. The van der Waals surface area contributed by atoms with Gasteiger partial charge in [0, 0.05) is 16.3 Å². The summed E-state index contributed by atoms with van der Waals surface area (Å²) in [4.78, 5) is 16.9. The van der Waals surface area contributed by atoms with E-state index in [2.05, 4.69) is 25.2 Å². The molecule has 2 atom stereocenters. The molecule has 3 heterocycles. The zero-order valence-electron chi connectivity index (χ0n) is 13.7. The van der Waals surface area contributed by atoms with E-state index >= 15 is 0 Å². The van der Waals surface area contributed by atoms with E-state index < -0.39 is 0 Å². The van der Waals surface area contributed by atoms with E-state index in [9.17, 15) is 4.79 Å². The van der Waals surface area contributed by atoms with Gasteiger partial charge in [-0.3, -0.25) is 0 Å². The van der Waals surface area contributed by atoms with Crippen LogP contribution in [0.15, 0.2) is 28.9 Å². The monoisotopic (exact) mass is 334 g/mol. The van der Waals surface area contributed by atoms with Crippen LogP contribution >= 0.6 is 11.3 Å². The van der Waals surface area contributed by atoms with Gasteiger partial charge in [0.25, 0.3) is 0 Å². The van der Waals surface area contributed by atoms with Crippen molar-refractivity contribution in [3.63, 3.8) is 0 Å². The number of amides is 2. The Morgan fingerprint density at radius 1 is 1.48 bits per heavy atom. The normalized spacial score (nSPS) is 19.6. The molecule has 6 heteroatoms. The molecule has 23 heavy (non-hydrogen) atoms. The summed E-state index contributed by atoms with van der Waals surface area (Å²) in [5.74, 6) is 0.764. The number of nitrogens with one attached hydrogen (secondary N) is 1. The van der Waals surface area contributed by atoms with Crippen molar-refractivity contribution in [3.8, 4) is 0 Å². The number of morpholine rings is 1. The van der Waals surface area contributed by atoms with Crippen LogP contribution in [0.2, 0.25) is 0 Å². The fourth-order valence-electron chi connectivity index (χ4n) is 2.91. The topological polar surface area (TPSA) is 54.7 Å². The summed E-state index contributed by atoms with van der Waals surface area (Å²) < 4.78 is 11.1. The smallest absolute Gasteiger partial charge is 0.318 e. The predicted octanol–water partition coefficient (Wildman–Crippen LogP) is 3.80. The molecule has 1 aliphatic rings. The summed E-state index contributed by atoms with van der Waals surface area (Å²) in [5, 5.41) is 3.09. The van der Waals surface area contributed by atoms with Gasteiger partial charge in [0.15, 0.2) is 0 Å². The summed E-state index contributed by atoms with van der Waals surface area (Å²) in [6, 6.07) is 5.81. The van der Waals surface area contributed by atoms with Crippen molar-refractivity contribution >= 4 is 17.4 Å². The summed E-state index contributed by atoms with van der Waals surface area (Å²) in [5.41, 5.74) is 1.19. The molecule has 2 aromatic heterocycles. The molecule has 5 nitrogen and oxygen atoms in total. The third kappa shape index (κ3) is 3.59. The first-order valence-corrected chi connectivity index (χ1v) is 8.63. The lowest BCUT2D eigenvalue weighted by Crippen LogP contribution is -2.47. The third-order valence-corrected chi connectivity index (χ3v) is 5.08. The molecule has 3 rings (SSSR count). The first kappa shape index (κ1) is 16.1. The minimum Gasteiger partial charge on any atom is -0.467 e. The minimum absolute atomic E-state index is 0.00245. The molecule has 0 bridgehead atoms. The second kappa shape index (κ2) is 6.76. The zero-order chi connectivity index (χ0) is 16.4. The van der Waals surface area contributed by atoms with E-state index in [1.807, 2.05) is 19.1 Å². The van der Waals surface area contributed by atoms with Gasteiger partial charge >= 0.3 is 6.03 Å². The van der Waals surface area contributed by atoms with Crippen molar-refractivity contribution in [2.45, 2.75) is 32.9 Å². The van der Waals surface area contributed by atoms with Crippen LogP contribution in [0.25, 0.3) is 0 Å². The Balaban J connectivity index is 1.62. The van der Waals surface area contributed by atoms with Crippen molar-refractivity contribution in [1.82, 2.24) is 10.2 Å². The van der Waals surface area contributed by atoms with Gasteiger partial charge in [0.1, 0.15) is 11.9 Å². The standard InChI is InChI=1S/C17H22N2O3S/c1-11-9-14(13(3)23-11)12(2)18-17(20)19-6-8-22-16(10-19)15-5-4-7-21-15/h4-5,7,9,12,16H,6,8,10H2,1-3H3,(H,18,20). The van der Waals surface area contributed by atoms with Crippen molar-refractivity contribution < 1.29 is 13.9 Å². The van der Waals surface area contributed by atoms with Crippen molar-refractivity contribution in [1.29, 1.82) is 0 Å². The van der Waals surface area contributed by atoms with Crippen LogP contribution in [0.5, 0.6) is 0 Å². The van der Waals surface area contributed by atoms with Gasteiger partial charge in [-0.25, -0.2) is 4.79 Å². The number of hydrogen-bond donors (Lipinski definition) is 1. The van der Waals surface area contributed by atoms with Gasteiger partial charge < -0.3 is 19.4 Å². The predicted molar refractivity (Wildman–Crippen MR) is 89.7 cm³/mol. The van der Waals surface area contributed by atoms with Crippen LogP contribution in [0.4, 0.5) is 4.79 Å². The van der Waals surface area contributed by atoms with Crippen LogP contribution in [0.1, 0.15) is 40.1 Å². The second-order valence-electron chi connectivity index (χ2n) is 5.86. The molecule has 124 valence electrons. The summed E-state index contributed by atoms with van der Waals surface area (Å²) >= 11 is 1.76. The molecule has 0 aromatic carbocycles. The third-order valence-electron chi connectivity index (χ3n) is 4.10.